The third-order valence-corrected chi connectivity index (χ3v) is 9.39. The van der Waals surface area contributed by atoms with Crippen molar-refractivity contribution in [3.05, 3.63) is 45.6 Å². The Morgan fingerprint density at radius 1 is 0.900 bits per heavy atom. The third-order valence-electron chi connectivity index (χ3n) is 8.77. The van der Waals surface area contributed by atoms with Gasteiger partial charge in [-0.15, -0.1) is 0 Å². The lowest BCUT2D eigenvalue weighted by molar-refractivity contribution is -0.00272. The van der Waals surface area contributed by atoms with E-state index >= 15 is 0 Å². The van der Waals surface area contributed by atoms with Gasteiger partial charge >= 0.3 is 0 Å². The number of rotatable bonds is 7. The largest absolute Gasteiger partial charge is 0.389 e. The summed E-state index contributed by atoms with van der Waals surface area (Å²) >= 11 is 13.8. The fourth-order valence-electron chi connectivity index (χ4n) is 7.69. The summed E-state index contributed by atoms with van der Waals surface area (Å²) < 4.78 is 0. The first-order valence-corrected chi connectivity index (χ1v) is 13.2. The van der Waals surface area contributed by atoms with E-state index in [0.29, 0.717) is 5.92 Å². The highest BCUT2D eigenvalue weighted by Crippen LogP contribution is 2.61. The van der Waals surface area contributed by atoms with E-state index < -0.39 is 0 Å². The molecule has 6 rings (SSSR count). The summed E-state index contributed by atoms with van der Waals surface area (Å²) in [4.78, 5) is 0. The molecule has 1 aromatic rings. The number of allylic oxidation sites excluding steroid dienone is 1. The predicted octanol–water partition coefficient (Wildman–Crippen LogP) is 8.15. The van der Waals surface area contributed by atoms with Crippen LogP contribution in [0.4, 0.5) is 0 Å². The number of halogens is 2. The molecule has 0 heterocycles. The first-order chi connectivity index (χ1) is 14.6. The average Bonchev–Trinajstić information content (AvgIpc) is 2.70. The molecule has 5 saturated carbocycles. The van der Waals surface area contributed by atoms with Crippen molar-refractivity contribution in [1.29, 1.82) is 0 Å². The fourth-order valence-corrected chi connectivity index (χ4v) is 8.48. The van der Waals surface area contributed by atoms with Crippen LogP contribution in [0, 0.1) is 29.6 Å². The normalized spacial score (nSPS) is 33.1. The Morgan fingerprint density at radius 2 is 1.50 bits per heavy atom. The molecule has 0 radical (unpaired) electrons. The van der Waals surface area contributed by atoms with E-state index in [9.17, 15) is 0 Å². The SMILES string of the molecule is C=C(Cc1cc(Cl)c(C2C3CC4CC(C3)CC2C4)c(Cl)c1)NCCC1CCCCC1. The molecular weight excluding hydrogens is 409 g/mol. The zero-order valence-corrected chi connectivity index (χ0v) is 19.8. The van der Waals surface area contributed by atoms with E-state index in [1.165, 1.54) is 81.8 Å². The van der Waals surface area contributed by atoms with Crippen LogP contribution in [0.2, 0.25) is 10.0 Å². The number of nitrogens with one attached hydrogen (secondary N) is 1. The number of benzene rings is 1. The lowest BCUT2D eigenvalue weighted by atomic mass is 9.50. The summed E-state index contributed by atoms with van der Waals surface area (Å²) in [6.45, 7) is 5.31. The molecule has 5 fully saturated rings. The quantitative estimate of drug-likeness (QED) is 0.446. The average molecular weight is 447 g/mol. The van der Waals surface area contributed by atoms with Gasteiger partial charge in [-0.25, -0.2) is 0 Å². The van der Waals surface area contributed by atoms with E-state index in [-0.39, 0.29) is 0 Å². The Labute approximate surface area is 193 Å². The van der Waals surface area contributed by atoms with E-state index in [2.05, 4.69) is 24.0 Å². The minimum Gasteiger partial charge on any atom is -0.389 e. The Hall–Kier alpha value is -0.660. The summed E-state index contributed by atoms with van der Waals surface area (Å²) in [5.41, 5.74) is 3.53. The molecule has 0 saturated heterocycles. The first-order valence-electron chi connectivity index (χ1n) is 12.5. The van der Waals surface area contributed by atoms with Crippen molar-refractivity contribution in [2.75, 3.05) is 6.54 Å². The molecule has 4 bridgehead atoms. The Balaban J connectivity index is 1.21. The van der Waals surface area contributed by atoms with Gasteiger partial charge in [0, 0.05) is 28.7 Å². The maximum atomic E-state index is 6.88. The van der Waals surface area contributed by atoms with Crippen molar-refractivity contribution < 1.29 is 0 Å². The molecule has 30 heavy (non-hydrogen) atoms. The van der Waals surface area contributed by atoms with Gasteiger partial charge in [-0.1, -0.05) is 61.9 Å². The molecule has 164 valence electrons. The molecule has 5 aliphatic carbocycles. The summed E-state index contributed by atoms with van der Waals surface area (Å²) in [5, 5.41) is 5.34. The van der Waals surface area contributed by atoms with Crippen LogP contribution in [0.5, 0.6) is 0 Å². The third kappa shape index (κ3) is 4.44. The Bertz CT molecular complexity index is 728. The second-order valence-electron chi connectivity index (χ2n) is 10.9. The molecular formula is C27H37Cl2N. The molecule has 0 aromatic heterocycles. The highest BCUT2D eigenvalue weighted by atomic mass is 35.5. The van der Waals surface area contributed by atoms with Crippen LogP contribution in [-0.4, -0.2) is 6.54 Å². The molecule has 5 aliphatic rings. The number of hydrogen-bond donors (Lipinski definition) is 1. The monoisotopic (exact) mass is 445 g/mol. The molecule has 0 aliphatic heterocycles. The second kappa shape index (κ2) is 9.07. The highest BCUT2D eigenvalue weighted by molar-refractivity contribution is 6.36. The van der Waals surface area contributed by atoms with Crippen molar-refractivity contribution >= 4 is 23.2 Å². The van der Waals surface area contributed by atoms with Crippen LogP contribution < -0.4 is 5.32 Å². The van der Waals surface area contributed by atoms with Crippen molar-refractivity contribution in [2.24, 2.45) is 29.6 Å². The molecule has 1 nitrogen and oxygen atoms in total. The maximum absolute atomic E-state index is 6.88. The molecule has 3 heteroatoms. The van der Waals surface area contributed by atoms with E-state index in [1.807, 2.05) is 0 Å². The highest BCUT2D eigenvalue weighted by Gasteiger charge is 2.49. The van der Waals surface area contributed by atoms with E-state index in [0.717, 1.165) is 58.3 Å². The first kappa shape index (κ1) is 21.2. The fraction of sp³-hybridized carbons (Fsp3) is 0.704. The van der Waals surface area contributed by atoms with Gasteiger partial charge < -0.3 is 5.32 Å². The summed E-state index contributed by atoms with van der Waals surface area (Å²) in [6.07, 6.45) is 16.2. The van der Waals surface area contributed by atoms with E-state index in [1.54, 1.807) is 0 Å². The standard InChI is InChI=1S/C27H37Cl2N/c1-17(30-8-7-18-5-3-2-4-6-18)9-19-15-24(28)27(25(29)16-19)26-22-11-20-10-21(13-22)14-23(26)12-20/h15-16,18,20-23,26,30H,1-14H2. The lowest BCUT2D eigenvalue weighted by Gasteiger charge is -2.55. The van der Waals surface area contributed by atoms with Gasteiger partial charge in [0.1, 0.15) is 0 Å². The Kier molecular flexibility index (Phi) is 6.41. The van der Waals surface area contributed by atoms with Crippen LogP contribution in [0.3, 0.4) is 0 Å². The van der Waals surface area contributed by atoms with Gasteiger partial charge in [-0.2, -0.15) is 0 Å². The maximum Gasteiger partial charge on any atom is 0.0458 e. The molecule has 0 atom stereocenters. The van der Waals surface area contributed by atoms with Crippen LogP contribution in [-0.2, 0) is 6.42 Å². The smallest absolute Gasteiger partial charge is 0.0458 e. The van der Waals surface area contributed by atoms with Crippen molar-refractivity contribution in [2.45, 2.75) is 83.0 Å². The molecule has 0 unspecified atom stereocenters. The minimum absolute atomic E-state index is 0.587. The van der Waals surface area contributed by atoms with Crippen LogP contribution >= 0.6 is 23.2 Å². The van der Waals surface area contributed by atoms with Crippen LogP contribution in [0.1, 0.15) is 87.7 Å². The van der Waals surface area contributed by atoms with Crippen molar-refractivity contribution in [3.8, 4) is 0 Å². The summed E-state index contributed by atoms with van der Waals surface area (Å²) in [5.74, 6) is 5.05. The van der Waals surface area contributed by atoms with Gasteiger partial charge in [0.25, 0.3) is 0 Å². The molecule has 0 amide bonds. The Morgan fingerprint density at radius 3 is 2.10 bits per heavy atom. The van der Waals surface area contributed by atoms with E-state index in [4.69, 9.17) is 23.2 Å². The summed E-state index contributed by atoms with van der Waals surface area (Å²) in [7, 11) is 0. The van der Waals surface area contributed by atoms with Gasteiger partial charge in [0.2, 0.25) is 0 Å². The lowest BCUT2D eigenvalue weighted by Crippen LogP contribution is -2.43. The van der Waals surface area contributed by atoms with Gasteiger partial charge in [0.15, 0.2) is 0 Å². The molecule has 1 aromatic carbocycles. The summed E-state index contributed by atoms with van der Waals surface area (Å²) in [6, 6.07) is 4.34. The van der Waals surface area contributed by atoms with Crippen molar-refractivity contribution in [3.63, 3.8) is 0 Å². The topological polar surface area (TPSA) is 12.0 Å². The van der Waals surface area contributed by atoms with Gasteiger partial charge in [-0.3, -0.25) is 0 Å². The molecule has 1 N–H and O–H groups in total. The predicted molar refractivity (Wildman–Crippen MR) is 128 cm³/mol. The van der Waals surface area contributed by atoms with Gasteiger partial charge in [-0.05, 0) is 97.3 Å². The minimum atomic E-state index is 0.587. The van der Waals surface area contributed by atoms with Crippen LogP contribution in [0.25, 0.3) is 0 Å². The van der Waals surface area contributed by atoms with Crippen molar-refractivity contribution in [1.82, 2.24) is 5.32 Å². The molecule has 0 spiro atoms. The number of hydrogen-bond acceptors (Lipinski definition) is 1. The zero-order valence-electron chi connectivity index (χ0n) is 18.3. The van der Waals surface area contributed by atoms with Gasteiger partial charge in [0.05, 0.1) is 0 Å². The second-order valence-corrected chi connectivity index (χ2v) is 11.7. The zero-order chi connectivity index (χ0) is 20.7. The van der Waals surface area contributed by atoms with Crippen LogP contribution in [0.15, 0.2) is 24.4 Å².